The first kappa shape index (κ1) is 17.0. The molecule has 0 aliphatic heterocycles. The molecule has 0 aromatic heterocycles. The van der Waals surface area contributed by atoms with Gasteiger partial charge in [-0.25, -0.2) is 0 Å². The van der Waals surface area contributed by atoms with Gasteiger partial charge in [0, 0.05) is 19.5 Å². The van der Waals surface area contributed by atoms with Crippen molar-refractivity contribution < 1.29 is 9.59 Å². The van der Waals surface area contributed by atoms with Gasteiger partial charge in [0.15, 0.2) is 0 Å². The van der Waals surface area contributed by atoms with Crippen LogP contribution in [0.4, 0.5) is 0 Å². The lowest BCUT2D eigenvalue weighted by atomic mass is 9.81. The van der Waals surface area contributed by atoms with Gasteiger partial charge in [0.1, 0.15) is 0 Å². The third-order valence-corrected chi connectivity index (χ3v) is 3.94. The number of hydrogen-bond acceptors (Lipinski definition) is 3. The van der Waals surface area contributed by atoms with Crippen LogP contribution in [0.15, 0.2) is 0 Å². The molecule has 0 bridgehead atoms. The van der Waals surface area contributed by atoms with Crippen LogP contribution in [-0.2, 0) is 9.59 Å². The topological polar surface area (TPSA) is 84.2 Å². The first-order valence-electron chi connectivity index (χ1n) is 7.66. The summed E-state index contributed by atoms with van der Waals surface area (Å²) in [5.74, 6) is 1.05. The molecule has 0 spiro atoms. The van der Waals surface area contributed by atoms with E-state index in [1.807, 2.05) is 6.92 Å². The van der Waals surface area contributed by atoms with Gasteiger partial charge in [-0.05, 0) is 44.9 Å². The standard InChI is InChI=1S/C15H29N3O2/c1-4-13(19)17-9-11-6-5-7-12(8-11)10-18-14(20)15(2,3)16/h11-12H,4-10,16H2,1-3H3,(H,17,19)(H,18,20). The van der Waals surface area contributed by atoms with Crippen molar-refractivity contribution >= 4 is 11.8 Å². The molecule has 116 valence electrons. The number of nitrogens with two attached hydrogens (primary N) is 1. The highest BCUT2D eigenvalue weighted by molar-refractivity contribution is 5.85. The minimum absolute atomic E-state index is 0.0982. The normalized spacial score (nSPS) is 23.2. The summed E-state index contributed by atoms with van der Waals surface area (Å²) in [6, 6.07) is 0. The van der Waals surface area contributed by atoms with Crippen molar-refractivity contribution in [1.82, 2.24) is 10.6 Å². The van der Waals surface area contributed by atoms with E-state index in [2.05, 4.69) is 10.6 Å². The minimum Gasteiger partial charge on any atom is -0.356 e. The lowest BCUT2D eigenvalue weighted by molar-refractivity contribution is -0.125. The number of nitrogens with one attached hydrogen (secondary N) is 2. The van der Waals surface area contributed by atoms with Crippen LogP contribution in [0.3, 0.4) is 0 Å². The summed E-state index contributed by atoms with van der Waals surface area (Å²) in [5.41, 5.74) is 4.94. The van der Waals surface area contributed by atoms with Crippen LogP contribution in [0.25, 0.3) is 0 Å². The second kappa shape index (κ2) is 7.62. The Hall–Kier alpha value is -1.10. The molecule has 2 amide bonds. The van der Waals surface area contributed by atoms with Crippen LogP contribution in [-0.4, -0.2) is 30.4 Å². The lowest BCUT2D eigenvalue weighted by Crippen LogP contribution is -2.50. The molecule has 2 unspecified atom stereocenters. The fraction of sp³-hybridized carbons (Fsp3) is 0.867. The Bertz CT molecular complexity index is 337. The first-order valence-corrected chi connectivity index (χ1v) is 7.66. The van der Waals surface area contributed by atoms with Crippen molar-refractivity contribution in [1.29, 1.82) is 0 Å². The molecular weight excluding hydrogens is 254 g/mol. The van der Waals surface area contributed by atoms with Crippen molar-refractivity contribution in [2.75, 3.05) is 13.1 Å². The zero-order valence-electron chi connectivity index (χ0n) is 13.0. The molecular formula is C15H29N3O2. The third kappa shape index (κ3) is 5.90. The second-order valence-electron chi connectivity index (χ2n) is 6.49. The fourth-order valence-electron chi connectivity index (χ4n) is 2.62. The van der Waals surface area contributed by atoms with Gasteiger partial charge in [-0.15, -0.1) is 0 Å². The number of amides is 2. The molecule has 0 aromatic carbocycles. The quantitative estimate of drug-likeness (QED) is 0.684. The van der Waals surface area contributed by atoms with Crippen LogP contribution in [0, 0.1) is 11.8 Å². The van der Waals surface area contributed by atoms with Gasteiger partial charge in [-0.3, -0.25) is 9.59 Å². The molecule has 1 aliphatic rings. The van der Waals surface area contributed by atoms with E-state index >= 15 is 0 Å². The number of rotatable bonds is 6. The molecule has 0 heterocycles. The maximum absolute atomic E-state index is 11.7. The molecule has 5 nitrogen and oxygen atoms in total. The van der Waals surface area contributed by atoms with Gasteiger partial charge in [0.05, 0.1) is 5.54 Å². The molecule has 0 aromatic rings. The van der Waals surface area contributed by atoms with Crippen molar-refractivity contribution in [3.63, 3.8) is 0 Å². The van der Waals surface area contributed by atoms with E-state index in [-0.39, 0.29) is 11.8 Å². The van der Waals surface area contributed by atoms with Crippen LogP contribution >= 0.6 is 0 Å². The van der Waals surface area contributed by atoms with Crippen molar-refractivity contribution in [3.05, 3.63) is 0 Å². The van der Waals surface area contributed by atoms with Crippen LogP contribution in [0.5, 0.6) is 0 Å². The maximum Gasteiger partial charge on any atom is 0.239 e. The van der Waals surface area contributed by atoms with E-state index in [1.54, 1.807) is 13.8 Å². The molecule has 1 rings (SSSR count). The Labute approximate surface area is 122 Å². The van der Waals surface area contributed by atoms with E-state index in [0.717, 1.165) is 25.8 Å². The number of hydrogen-bond donors (Lipinski definition) is 3. The molecule has 20 heavy (non-hydrogen) atoms. The highest BCUT2D eigenvalue weighted by Crippen LogP contribution is 2.28. The van der Waals surface area contributed by atoms with E-state index in [9.17, 15) is 9.59 Å². The monoisotopic (exact) mass is 283 g/mol. The largest absolute Gasteiger partial charge is 0.356 e. The van der Waals surface area contributed by atoms with Crippen LogP contribution in [0.1, 0.15) is 52.9 Å². The highest BCUT2D eigenvalue weighted by Gasteiger charge is 2.25. The van der Waals surface area contributed by atoms with E-state index in [0.29, 0.717) is 24.8 Å². The van der Waals surface area contributed by atoms with E-state index < -0.39 is 5.54 Å². The summed E-state index contributed by atoms with van der Waals surface area (Å²) in [7, 11) is 0. The Balaban J connectivity index is 2.30. The number of carbonyl (C=O) groups excluding carboxylic acids is 2. The van der Waals surface area contributed by atoms with Gasteiger partial charge in [0.25, 0.3) is 0 Å². The predicted octanol–water partition coefficient (Wildman–Crippen LogP) is 1.17. The second-order valence-corrected chi connectivity index (χ2v) is 6.49. The summed E-state index contributed by atoms with van der Waals surface area (Å²) in [6.45, 7) is 6.75. The molecule has 2 atom stereocenters. The van der Waals surface area contributed by atoms with Crippen LogP contribution < -0.4 is 16.4 Å². The third-order valence-electron chi connectivity index (χ3n) is 3.94. The fourth-order valence-corrected chi connectivity index (χ4v) is 2.62. The van der Waals surface area contributed by atoms with Gasteiger partial charge >= 0.3 is 0 Å². The van der Waals surface area contributed by atoms with Crippen molar-refractivity contribution in [2.45, 2.75) is 58.4 Å². The predicted molar refractivity (Wildman–Crippen MR) is 80.0 cm³/mol. The summed E-state index contributed by atoms with van der Waals surface area (Å²) < 4.78 is 0. The average molecular weight is 283 g/mol. The molecule has 0 saturated heterocycles. The zero-order valence-corrected chi connectivity index (χ0v) is 13.0. The molecule has 5 heteroatoms. The Morgan fingerprint density at radius 1 is 1.15 bits per heavy atom. The smallest absolute Gasteiger partial charge is 0.239 e. The van der Waals surface area contributed by atoms with Gasteiger partial charge in [-0.2, -0.15) is 0 Å². The van der Waals surface area contributed by atoms with Crippen LogP contribution in [0.2, 0.25) is 0 Å². The Kier molecular flexibility index (Phi) is 6.46. The molecule has 4 N–H and O–H groups in total. The summed E-state index contributed by atoms with van der Waals surface area (Å²) in [4.78, 5) is 23.0. The highest BCUT2D eigenvalue weighted by atomic mass is 16.2. The van der Waals surface area contributed by atoms with Gasteiger partial charge < -0.3 is 16.4 Å². The van der Waals surface area contributed by atoms with E-state index in [4.69, 9.17) is 5.73 Å². The SMILES string of the molecule is CCC(=O)NCC1CCCC(CNC(=O)C(C)(C)N)C1. The van der Waals surface area contributed by atoms with Crippen molar-refractivity contribution in [3.8, 4) is 0 Å². The number of carbonyl (C=O) groups is 2. The molecule has 1 saturated carbocycles. The summed E-state index contributed by atoms with van der Waals surface area (Å²) in [5, 5.41) is 5.90. The minimum atomic E-state index is -0.816. The zero-order chi connectivity index (χ0) is 15.2. The molecule has 1 aliphatic carbocycles. The average Bonchev–Trinajstić information content (AvgIpc) is 2.41. The summed E-state index contributed by atoms with van der Waals surface area (Å²) in [6.07, 6.45) is 5.08. The van der Waals surface area contributed by atoms with E-state index in [1.165, 1.54) is 6.42 Å². The first-order chi connectivity index (χ1) is 9.32. The Morgan fingerprint density at radius 3 is 2.20 bits per heavy atom. The molecule has 0 radical (unpaired) electrons. The Morgan fingerprint density at radius 2 is 1.70 bits per heavy atom. The maximum atomic E-state index is 11.7. The summed E-state index contributed by atoms with van der Waals surface area (Å²) >= 11 is 0. The van der Waals surface area contributed by atoms with Gasteiger partial charge in [-0.1, -0.05) is 13.3 Å². The van der Waals surface area contributed by atoms with Gasteiger partial charge in [0.2, 0.25) is 11.8 Å². The molecule has 1 fully saturated rings. The van der Waals surface area contributed by atoms with Crippen molar-refractivity contribution in [2.24, 2.45) is 17.6 Å². The lowest BCUT2D eigenvalue weighted by Gasteiger charge is -2.30.